The van der Waals surface area contributed by atoms with Crippen LogP contribution < -0.4 is 10.3 Å². The topological polar surface area (TPSA) is 106 Å². The summed E-state index contributed by atoms with van der Waals surface area (Å²) in [6, 6.07) is 1.07. The number of aromatic nitrogens is 2. The molecule has 3 rings (SSSR count). The van der Waals surface area contributed by atoms with Gasteiger partial charge < -0.3 is 18.9 Å². The number of halogens is 3. The molecule has 0 N–H and O–H groups in total. The second-order valence-electron chi connectivity index (χ2n) is 7.32. The van der Waals surface area contributed by atoms with Crippen LogP contribution in [-0.2, 0) is 23.8 Å². The van der Waals surface area contributed by atoms with E-state index in [0.717, 1.165) is 6.07 Å². The van der Waals surface area contributed by atoms with E-state index in [4.69, 9.17) is 14.2 Å². The molecule has 1 aromatic rings. The van der Waals surface area contributed by atoms with Gasteiger partial charge in [-0.3, -0.25) is 14.2 Å². The highest BCUT2D eigenvalue weighted by atomic mass is 19.4. The first kappa shape index (κ1) is 20.1. The van der Waals surface area contributed by atoms with Crippen LogP contribution in [0.5, 0.6) is 6.01 Å². The number of rotatable bonds is 3. The first-order valence-corrected chi connectivity index (χ1v) is 8.24. The molecule has 0 saturated carbocycles. The van der Waals surface area contributed by atoms with Crippen LogP contribution in [0.25, 0.3) is 0 Å². The lowest BCUT2D eigenvalue weighted by atomic mass is 9.97. The zero-order chi connectivity index (χ0) is 20.9. The molecule has 28 heavy (non-hydrogen) atoms. The zero-order valence-electron chi connectivity index (χ0n) is 15.1. The fraction of sp³-hybridized carbons (Fsp3) is 0.625. The molecule has 9 nitrogen and oxygen atoms in total. The number of alkyl halides is 3. The van der Waals surface area contributed by atoms with Gasteiger partial charge in [0.05, 0.1) is 5.41 Å². The molecule has 0 aliphatic carbocycles. The van der Waals surface area contributed by atoms with Gasteiger partial charge in [0.25, 0.3) is 5.56 Å². The smallest absolute Gasteiger partial charge is 0.456 e. The van der Waals surface area contributed by atoms with Gasteiger partial charge in [0.1, 0.15) is 12.7 Å². The van der Waals surface area contributed by atoms with Gasteiger partial charge in [-0.05, 0) is 20.8 Å². The Morgan fingerprint density at radius 1 is 1.25 bits per heavy atom. The maximum Gasteiger partial charge on any atom is 0.490 e. The molecule has 1 fully saturated rings. The van der Waals surface area contributed by atoms with Crippen LogP contribution in [-0.4, -0.2) is 52.6 Å². The second-order valence-corrected chi connectivity index (χ2v) is 7.32. The van der Waals surface area contributed by atoms with Crippen LogP contribution >= 0.6 is 0 Å². The molecular formula is C16H17F3N2O7. The quantitative estimate of drug-likeness (QED) is 0.684. The van der Waals surface area contributed by atoms with Gasteiger partial charge in [-0.1, -0.05) is 0 Å². The van der Waals surface area contributed by atoms with Gasteiger partial charge >= 0.3 is 24.1 Å². The maximum absolute atomic E-state index is 12.4. The van der Waals surface area contributed by atoms with Gasteiger partial charge in [-0.15, -0.1) is 0 Å². The third-order valence-electron chi connectivity index (χ3n) is 4.07. The Morgan fingerprint density at radius 2 is 1.93 bits per heavy atom. The molecule has 0 radical (unpaired) electrons. The lowest BCUT2D eigenvalue weighted by Crippen LogP contribution is -2.43. The van der Waals surface area contributed by atoms with E-state index in [-0.39, 0.29) is 6.01 Å². The number of carbonyl (C=O) groups excluding carboxylic acids is 2. The monoisotopic (exact) mass is 406 g/mol. The molecule has 12 heteroatoms. The van der Waals surface area contributed by atoms with Crippen molar-refractivity contribution in [1.29, 1.82) is 0 Å². The largest absolute Gasteiger partial charge is 0.490 e. The van der Waals surface area contributed by atoms with Crippen molar-refractivity contribution in [2.24, 2.45) is 5.41 Å². The van der Waals surface area contributed by atoms with Crippen LogP contribution in [0.2, 0.25) is 0 Å². The molecule has 4 atom stereocenters. The summed E-state index contributed by atoms with van der Waals surface area (Å²) < 4.78 is 59.3. The van der Waals surface area contributed by atoms with Gasteiger partial charge in [0.15, 0.2) is 18.4 Å². The molecule has 3 heterocycles. The van der Waals surface area contributed by atoms with Crippen molar-refractivity contribution in [2.75, 3.05) is 6.61 Å². The van der Waals surface area contributed by atoms with E-state index in [1.54, 1.807) is 20.8 Å². The molecule has 1 aromatic heterocycles. The number of ether oxygens (including phenoxy) is 4. The lowest BCUT2D eigenvalue weighted by molar-refractivity contribution is -0.204. The second kappa shape index (κ2) is 6.76. The third-order valence-corrected chi connectivity index (χ3v) is 4.07. The summed E-state index contributed by atoms with van der Waals surface area (Å²) in [5.41, 5.74) is -1.48. The summed E-state index contributed by atoms with van der Waals surface area (Å²) in [6.07, 6.45) is -8.12. The highest BCUT2D eigenvalue weighted by Gasteiger charge is 2.55. The fourth-order valence-corrected chi connectivity index (χ4v) is 2.67. The van der Waals surface area contributed by atoms with Crippen molar-refractivity contribution in [1.82, 2.24) is 9.55 Å². The van der Waals surface area contributed by atoms with Crippen LogP contribution in [0, 0.1) is 5.41 Å². The average molecular weight is 406 g/mol. The van der Waals surface area contributed by atoms with Crippen molar-refractivity contribution in [2.45, 2.75) is 51.5 Å². The van der Waals surface area contributed by atoms with E-state index in [2.05, 4.69) is 9.72 Å². The summed E-state index contributed by atoms with van der Waals surface area (Å²) in [4.78, 5) is 38.3. The molecule has 0 amide bonds. The first-order chi connectivity index (χ1) is 12.9. The third kappa shape index (κ3) is 3.81. The van der Waals surface area contributed by atoms with E-state index < -0.39 is 60.2 Å². The van der Waals surface area contributed by atoms with Crippen molar-refractivity contribution in [3.63, 3.8) is 0 Å². The normalized spacial score (nSPS) is 26.2. The molecule has 2 aliphatic heterocycles. The lowest BCUT2D eigenvalue weighted by Gasteiger charge is -2.25. The van der Waals surface area contributed by atoms with E-state index in [9.17, 15) is 27.6 Å². The molecule has 0 aromatic carbocycles. The Kier molecular flexibility index (Phi) is 4.86. The van der Waals surface area contributed by atoms with Crippen molar-refractivity contribution < 1.29 is 41.7 Å². The van der Waals surface area contributed by atoms with Gasteiger partial charge in [0, 0.05) is 12.3 Å². The fourth-order valence-electron chi connectivity index (χ4n) is 2.67. The van der Waals surface area contributed by atoms with Crippen LogP contribution in [0.1, 0.15) is 27.0 Å². The Morgan fingerprint density at radius 3 is 2.54 bits per heavy atom. The van der Waals surface area contributed by atoms with E-state index in [0.29, 0.717) is 0 Å². The van der Waals surface area contributed by atoms with Gasteiger partial charge in [0.2, 0.25) is 0 Å². The molecule has 154 valence electrons. The van der Waals surface area contributed by atoms with E-state index in [1.165, 1.54) is 10.8 Å². The summed E-state index contributed by atoms with van der Waals surface area (Å²) in [6.45, 7) is 3.96. The number of hydrogen-bond donors (Lipinski definition) is 0. The van der Waals surface area contributed by atoms with Crippen LogP contribution in [0.15, 0.2) is 17.1 Å². The minimum atomic E-state index is -5.17. The molecular weight excluding hydrogens is 389 g/mol. The predicted molar refractivity (Wildman–Crippen MR) is 83.2 cm³/mol. The molecule has 0 unspecified atom stereocenters. The Bertz CT molecular complexity index is 846. The van der Waals surface area contributed by atoms with E-state index in [1.807, 2.05) is 0 Å². The summed E-state index contributed by atoms with van der Waals surface area (Å²) in [7, 11) is 0. The Hall–Kier alpha value is -2.63. The van der Waals surface area contributed by atoms with Crippen LogP contribution in [0.3, 0.4) is 0 Å². The molecule has 2 aliphatic rings. The average Bonchev–Trinajstić information content (AvgIpc) is 3.06. The van der Waals surface area contributed by atoms with Crippen molar-refractivity contribution in [3.8, 4) is 6.01 Å². The summed E-state index contributed by atoms with van der Waals surface area (Å²) in [5.74, 6) is -3.04. The molecule has 0 bridgehead atoms. The van der Waals surface area contributed by atoms with E-state index >= 15 is 0 Å². The Balaban J connectivity index is 1.82. The summed E-state index contributed by atoms with van der Waals surface area (Å²) in [5, 5.41) is 0. The highest BCUT2D eigenvalue weighted by Crippen LogP contribution is 2.41. The minimum absolute atomic E-state index is 0.0787. The Labute approximate surface area is 156 Å². The SMILES string of the molecule is CC(C)(C)C(=O)O[C@H]1[C@@H]2Oc3nc(=O)ccn3[C@@H]2O[C@@H]1COC(=O)C(F)(F)F. The number of fused-ring (bicyclic) bond motifs is 3. The van der Waals surface area contributed by atoms with Gasteiger partial charge in [-0.2, -0.15) is 18.2 Å². The standard InChI is InChI=1S/C16H17F3N2O7/c1-15(2,3)12(23)27-9-7(6-25-13(24)16(17,18)19)26-11-10(9)28-14-20-8(22)4-5-21(11)14/h4-5,7,9-11H,6H2,1-3H3/t7-,9-,10+,11-/m1/s1. The highest BCUT2D eigenvalue weighted by molar-refractivity contribution is 5.76. The molecule has 0 spiro atoms. The first-order valence-electron chi connectivity index (χ1n) is 8.24. The zero-order valence-corrected chi connectivity index (χ0v) is 15.1. The van der Waals surface area contributed by atoms with Crippen LogP contribution in [0.4, 0.5) is 13.2 Å². The maximum atomic E-state index is 12.4. The van der Waals surface area contributed by atoms with Crippen molar-refractivity contribution >= 4 is 11.9 Å². The minimum Gasteiger partial charge on any atom is -0.456 e. The number of nitrogens with zero attached hydrogens (tertiary/aromatic N) is 2. The molecule has 1 saturated heterocycles. The number of hydrogen-bond acceptors (Lipinski definition) is 8. The van der Waals surface area contributed by atoms with Gasteiger partial charge in [-0.25, -0.2) is 4.79 Å². The predicted octanol–water partition coefficient (Wildman–Crippen LogP) is 0.965. The van der Waals surface area contributed by atoms with Crippen molar-refractivity contribution in [3.05, 3.63) is 22.6 Å². The number of carbonyl (C=O) groups is 2. The number of esters is 2. The summed E-state index contributed by atoms with van der Waals surface area (Å²) >= 11 is 0.